The monoisotopic (exact) mass is 396 g/mol. The Balaban J connectivity index is 1.69. The number of ether oxygens (including phenoxy) is 1. The van der Waals surface area contributed by atoms with Crippen molar-refractivity contribution in [1.82, 2.24) is 10.1 Å². The van der Waals surface area contributed by atoms with Gasteiger partial charge in [-0.15, -0.1) is 17.9 Å². The molecule has 0 aliphatic carbocycles. The van der Waals surface area contributed by atoms with Crippen molar-refractivity contribution in [2.75, 3.05) is 13.2 Å². The van der Waals surface area contributed by atoms with Crippen molar-refractivity contribution >= 4 is 23.2 Å². The Hall–Kier alpha value is -3.19. The second kappa shape index (κ2) is 9.14. The lowest BCUT2D eigenvalue weighted by atomic mass is 10.1. The molecule has 0 aliphatic rings. The number of benzene rings is 1. The number of rotatable bonds is 8. The lowest BCUT2D eigenvalue weighted by molar-refractivity contribution is -0.134. The highest BCUT2D eigenvalue weighted by atomic mass is 32.1. The van der Waals surface area contributed by atoms with E-state index in [1.165, 1.54) is 0 Å². The topological polar surface area (TPSA) is 72.6 Å². The van der Waals surface area contributed by atoms with Crippen LogP contribution in [0.15, 0.2) is 65.0 Å². The van der Waals surface area contributed by atoms with Gasteiger partial charge >= 0.3 is 5.97 Å². The van der Waals surface area contributed by atoms with Crippen molar-refractivity contribution in [1.29, 1.82) is 0 Å². The normalized spacial score (nSPS) is 10.5. The Bertz CT molecular complexity index is 948. The van der Waals surface area contributed by atoms with Gasteiger partial charge in [-0.2, -0.15) is 0 Å². The van der Waals surface area contributed by atoms with E-state index < -0.39 is 5.97 Å². The molecule has 1 amide bonds. The van der Waals surface area contributed by atoms with Crippen LogP contribution in [0, 0.1) is 6.92 Å². The summed E-state index contributed by atoms with van der Waals surface area (Å²) in [5.74, 6) is -0.588. The molecule has 0 spiro atoms. The van der Waals surface area contributed by atoms with Crippen LogP contribution in [0.25, 0.3) is 11.3 Å². The smallest absolute Gasteiger partial charge is 0.344 e. The molecule has 0 bridgehead atoms. The molecule has 0 aliphatic heterocycles. The second-order valence-electron chi connectivity index (χ2n) is 6.05. The number of aryl methyl sites for hydroxylation is 1. The maximum Gasteiger partial charge on any atom is 0.344 e. The molecule has 0 saturated heterocycles. The number of amides is 1. The second-order valence-corrected chi connectivity index (χ2v) is 7.08. The zero-order valence-electron chi connectivity index (χ0n) is 15.5. The first-order valence-electron chi connectivity index (χ1n) is 8.70. The molecular weight excluding hydrogens is 376 g/mol. The number of esters is 1. The van der Waals surface area contributed by atoms with Gasteiger partial charge in [0.05, 0.1) is 6.54 Å². The molecule has 0 fully saturated rings. The highest BCUT2D eigenvalue weighted by molar-refractivity contribution is 7.09. The summed E-state index contributed by atoms with van der Waals surface area (Å²) in [7, 11) is 0. The van der Waals surface area contributed by atoms with Crippen molar-refractivity contribution in [2.24, 2.45) is 0 Å². The highest BCUT2D eigenvalue weighted by Crippen LogP contribution is 2.25. The SMILES string of the molecule is C=CCN(Cc1cccs1)C(=O)COC(=O)c1c(-c2ccccc2)noc1C. The average molecular weight is 396 g/mol. The number of carbonyl (C=O) groups excluding carboxylic acids is 2. The Morgan fingerprint density at radius 3 is 2.71 bits per heavy atom. The van der Waals surface area contributed by atoms with E-state index in [0.29, 0.717) is 24.5 Å². The summed E-state index contributed by atoms with van der Waals surface area (Å²) in [4.78, 5) is 27.8. The third kappa shape index (κ3) is 4.55. The first-order chi connectivity index (χ1) is 13.6. The molecule has 2 heterocycles. The van der Waals surface area contributed by atoms with Crippen molar-refractivity contribution < 1.29 is 18.8 Å². The van der Waals surface area contributed by atoms with Gasteiger partial charge < -0.3 is 14.2 Å². The molecule has 0 saturated carbocycles. The van der Waals surface area contributed by atoms with E-state index in [-0.39, 0.29) is 18.1 Å². The van der Waals surface area contributed by atoms with Crippen LogP contribution in [-0.4, -0.2) is 35.1 Å². The van der Waals surface area contributed by atoms with E-state index in [4.69, 9.17) is 9.26 Å². The van der Waals surface area contributed by atoms with Crippen LogP contribution < -0.4 is 0 Å². The molecule has 0 atom stereocenters. The minimum atomic E-state index is -0.638. The summed E-state index contributed by atoms with van der Waals surface area (Å²) in [6.07, 6.45) is 1.64. The first-order valence-corrected chi connectivity index (χ1v) is 9.58. The van der Waals surface area contributed by atoms with Crippen molar-refractivity contribution in [3.8, 4) is 11.3 Å². The average Bonchev–Trinajstić information content (AvgIpc) is 3.35. The number of aromatic nitrogens is 1. The van der Waals surface area contributed by atoms with Gasteiger partial charge in [0.15, 0.2) is 6.61 Å². The minimum Gasteiger partial charge on any atom is -0.452 e. The van der Waals surface area contributed by atoms with E-state index in [2.05, 4.69) is 11.7 Å². The van der Waals surface area contributed by atoms with E-state index in [1.807, 2.05) is 47.8 Å². The molecule has 28 heavy (non-hydrogen) atoms. The molecule has 3 rings (SSSR count). The quantitative estimate of drug-likeness (QED) is 0.424. The predicted molar refractivity (Wildman–Crippen MR) is 107 cm³/mol. The van der Waals surface area contributed by atoms with Crippen LogP contribution in [0.4, 0.5) is 0 Å². The molecule has 0 unspecified atom stereocenters. The van der Waals surface area contributed by atoms with Gasteiger partial charge in [-0.1, -0.05) is 47.6 Å². The van der Waals surface area contributed by atoms with E-state index >= 15 is 0 Å². The standard InChI is InChI=1S/C21H20N2O4S/c1-3-11-23(13-17-10-7-12-28-17)18(24)14-26-21(25)19-15(2)27-22-20(19)16-8-5-4-6-9-16/h3-10,12H,1,11,13-14H2,2H3. The largest absolute Gasteiger partial charge is 0.452 e. The fraction of sp³-hybridized carbons (Fsp3) is 0.190. The minimum absolute atomic E-state index is 0.229. The van der Waals surface area contributed by atoms with Gasteiger partial charge in [0, 0.05) is 17.0 Å². The first kappa shape index (κ1) is 19.6. The van der Waals surface area contributed by atoms with Gasteiger partial charge in [0.25, 0.3) is 5.91 Å². The Labute approximate surface area is 167 Å². The number of hydrogen-bond acceptors (Lipinski definition) is 6. The molecule has 1 aromatic carbocycles. The van der Waals surface area contributed by atoms with Gasteiger partial charge in [-0.25, -0.2) is 4.79 Å². The maximum absolute atomic E-state index is 12.6. The zero-order chi connectivity index (χ0) is 19.9. The van der Waals surface area contributed by atoms with Gasteiger partial charge in [0.1, 0.15) is 17.0 Å². The summed E-state index contributed by atoms with van der Waals surface area (Å²) in [6.45, 7) is 5.78. The van der Waals surface area contributed by atoms with E-state index in [1.54, 1.807) is 29.2 Å². The number of thiophene rings is 1. The maximum atomic E-state index is 12.6. The van der Waals surface area contributed by atoms with Gasteiger partial charge in [-0.05, 0) is 18.4 Å². The molecular formula is C21H20N2O4S. The van der Waals surface area contributed by atoms with Crippen LogP contribution in [0.3, 0.4) is 0 Å². The number of nitrogens with zero attached hydrogens (tertiary/aromatic N) is 2. The van der Waals surface area contributed by atoms with Gasteiger partial charge in [-0.3, -0.25) is 4.79 Å². The predicted octanol–water partition coefficient (Wildman–Crippen LogP) is 4.08. The Morgan fingerprint density at radius 2 is 2.04 bits per heavy atom. The highest BCUT2D eigenvalue weighted by Gasteiger charge is 2.24. The zero-order valence-corrected chi connectivity index (χ0v) is 16.3. The van der Waals surface area contributed by atoms with Crippen molar-refractivity contribution in [2.45, 2.75) is 13.5 Å². The summed E-state index contributed by atoms with van der Waals surface area (Å²) in [5.41, 5.74) is 1.37. The number of hydrogen-bond donors (Lipinski definition) is 0. The van der Waals surface area contributed by atoms with Crippen LogP contribution in [0.5, 0.6) is 0 Å². The van der Waals surface area contributed by atoms with Crippen LogP contribution in [0.2, 0.25) is 0 Å². The molecule has 2 aromatic heterocycles. The molecule has 0 N–H and O–H groups in total. The Kier molecular flexibility index (Phi) is 6.39. The molecule has 3 aromatic rings. The van der Waals surface area contributed by atoms with Gasteiger partial charge in [0.2, 0.25) is 0 Å². The Morgan fingerprint density at radius 1 is 1.25 bits per heavy atom. The lowest BCUT2D eigenvalue weighted by Gasteiger charge is -2.20. The number of carbonyl (C=O) groups is 2. The fourth-order valence-corrected chi connectivity index (χ4v) is 3.42. The van der Waals surface area contributed by atoms with Crippen LogP contribution in [-0.2, 0) is 16.1 Å². The van der Waals surface area contributed by atoms with E-state index in [9.17, 15) is 9.59 Å². The van der Waals surface area contributed by atoms with Crippen LogP contribution >= 0.6 is 11.3 Å². The summed E-state index contributed by atoms with van der Waals surface area (Å²) >= 11 is 1.56. The summed E-state index contributed by atoms with van der Waals surface area (Å²) in [6, 6.07) is 13.1. The van der Waals surface area contributed by atoms with Crippen molar-refractivity contribution in [3.63, 3.8) is 0 Å². The summed E-state index contributed by atoms with van der Waals surface area (Å²) < 4.78 is 10.5. The summed E-state index contributed by atoms with van der Waals surface area (Å²) in [5, 5.41) is 5.92. The molecule has 144 valence electrons. The molecule has 6 nitrogen and oxygen atoms in total. The van der Waals surface area contributed by atoms with E-state index in [0.717, 1.165) is 10.4 Å². The lowest BCUT2D eigenvalue weighted by Crippen LogP contribution is -2.34. The third-order valence-corrected chi connectivity index (χ3v) is 4.93. The van der Waals surface area contributed by atoms with Crippen molar-refractivity contribution in [3.05, 3.63) is 76.7 Å². The fourth-order valence-electron chi connectivity index (χ4n) is 2.70. The third-order valence-electron chi connectivity index (χ3n) is 4.07. The molecule has 7 heteroatoms. The molecule has 0 radical (unpaired) electrons. The van der Waals surface area contributed by atoms with Crippen LogP contribution in [0.1, 0.15) is 21.0 Å².